The van der Waals surface area contributed by atoms with Crippen LogP contribution in [-0.2, 0) is 37.6 Å². The third-order valence-corrected chi connectivity index (χ3v) is 19.8. The summed E-state index contributed by atoms with van der Waals surface area (Å²) in [5.74, 6) is -2.26. The van der Waals surface area contributed by atoms with Gasteiger partial charge in [0, 0.05) is 6.42 Å². The number of allylic oxidation sites excluding steroid dienone is 1. The number of amides is 1. The lowest BCUT2D eigenvalue weighted by atomic mass is 9.99. The Morgan fingerprint density at radius 2 is 1.12 bits per heavy atom. The fraction of sp³-hybridized carbons (Fsp3) is 0.730. The number of hydrogen-bond donors (Lipinski definition) is 1. The highest BCUT2D eigenvalue weighted by atomic mass is 28.4. The Hall–Kier alpha value is -3.39. The predicted octanol–water partition coefficient (Wildman–Crippen LogP) is 15.9. The van der Waals surface area contributed by atoms with Crippen LogP contribution in [0.2, 0.25) is 18.1 Å². The molecule has 2 aliphatic heterocycles. The second kappa shape index (κ2) is 35.2. The van der Waals surface area contributed by atoms with Gasteiger partial charge >= 0.3 is 11.9 Å². The minimum absolute atomic E-state index is 0.0671. The lowest BCUT2D eigenvalue weighted by Crippen LogP contribution is -2.61. The Kier molecular flexibility index (Phi) is 30.1. The molecule has 11 nitrogen and oxygen atoms in total. The molecule has 2 aliphatic rings. The van der Waals surface area contributed by atoms with Crippen LogP contribution in [0.1, 0.15) is 236 Å². The van der Waals surface area contributed by atoms with Crippen LogP contribution in [0.4, 0.5) is 0 Å². The number of hydrogen-bond acceptors (Lipinski definition) is 10. The maximum atomic E-state index is 14.1. The number of esters is 2. The molecule has 0 aliphatic carbocycles. The van der Waals surface area contributed by atoms with Crippen LogP contribution in [-0.4, -0.2) is 88.0 Å². The van der Waals surface area contributed by atoms with Gasteiger partial charge in [-0.1, -0.05) is 218 Å². The summed E-state index contributed by atoms with van der Waals surface area (Å²) in [5.41, 5.74) is 0.767. The highest BCUT2D eigenvalue weighted by Crippen LogP contribution is 2.42. The highest BCUT2D eigenvalue weighted by molar-refractivity contribution is 6.74. The first-order valence-electron chi connectivity index (χ1n) is 29.8. The molecule has 2 heterocycles. The number of fused-ring (bicyclic) bond motifs is 1. The van der Waals surface area contributed by atoms with Crippen molar-refractivity contribution in [2.75, 3.05) is 13.2 Å². The van der Waals surface area contributed by atoms with Crippen molar-refractivity contribution in [3.63, 3.8) is 0 Å². The SMILES string of the molecule is CCCCCCCCCCCCC/C=C/[C@@H](OC(=O)c1ccccc1)[C@H](CO[C@H]1O[C@H](CO[Si](C)(C)C(C)(C)C)[C@@H]2OC(C)(C)O[C@@H]2[C@H]1OC(=O)c1ccccc1)NC(=O)CCCCCCCCCCCCCCC. The van der Waals surface area contributed by atoms with Crippen molar-refractivity contribution in [2.24, 2.45) is 0 Å². The van der Waals surface area contributed by atoms with Gasteiger partial charge in [-0.3, -0.25) is 4.79 Å². The van der Waals surface area contributed by atoms with Crippen molar-refractivity contribution in [3.8, 4) is 0 Å². The Morgan fingerprint density at radius 1 is 0.653 bits per heavy atom. The molecule has 1 amide bonds. The minimum Gasteiger partial charge on any atom is -0.452 e. The van der Waals surface area contributed by atoms with Crippen molar-refractivity contribution < 1.29 is 47.2 Å². The standard InChI is InChI=1S/C63H103NO10Si/c1-10-12-14-16-18-20-22-24-26-28-30-32-40-46-53(70-59(66)50-42-36-34-37-43-50)52(64-55(65)47-41-33-31-29-27-25-23-21-19-17-15-13-11-2)48-68-61-58(72-60(67)51-44-38-35-39-45-51)57-56(73-63(6,7)74-57)54(71-61)49-69-75(8,9)62(3,4)5/h34-40,42-46,52-54,56-58,61H,10-33,41,47-49H2,1-9H3,(H,64,65)/b46-40+/t52-,53+,54+,56-,57-,58+,61-/m0/s1. The molecule has 12 heteroatoms. The van der Waals surface area contributed by atoms with Crippen molar-refractivity contribution in [2.45, 2.75) is 282 Å². The maximum Gasteiger partial charge on any atom is 0.338 e. The summed E-state index contributed by atoms with van der Waals surface area (Å²) in [5, 5.41) is 3.17. The van der Waals surface area contributed by atoms with Gasteiger partial charge in [0.2, 0.25) is 5.91 Å². The largest absolute Gasteiger partial charge is 0.452 e. The lowest BCUT2D eigenvalue weighted by molar-refractivity contribution is -0.282. The third-order valence-electron chi connectivity index (χ3n) is 15.3. The van der Waals surface area contributed by atoms with Crippen LogP contribution >= 0.6 is 0 Å². The number of carbonyl (C=O) groups is 3. The van der Waals surface area contributed by atoms with Gasteiger partial charge in [-0.05, 0) is 81.6 Å². The average Bonchev–Trinajstić information content (AvgIpc) is 3.72. The fourth-order valence-corrected chi connectivity index (χ4v) is 10.7. The summed E-state index contributed by atoms with van der Waals surface area (Å²) in [4.78, 5) is 41.9. The summed E-state index contributed by atoms with van der Waals surface area (Å²) >= 11 is 0. The van der Waals surface area contributed by atoms with Gasteiger partial charge in [-0.2, -0.15) is 0 Å². The number of carbonyl (C=O) groups excluding carboxylic acids is 3. The van der Waals surface area contributed by atoms with E-state index in [1.165, 1.54) is 122 Å². The second-order valence-electron chi connectivity index (χ2n) is 23.4. The molecule has 1 N–H and O–H groups in total. The quantitative estimate of drug-likeness (QED) is 0.0299. The molecule has 2 aromatic rings. The average molecular weight is 1060 g/mol. The van der Waals surface area contributed by atoms with E-state index in [2.05, 4.69) is 59.1 Å². The van der Waals surface area contributed by atoms with Gasteiger partial charge < -0.3 is 38.2 Å². The maximum absolute atomic E-state index is 14.1. The number of rotatable bonds is 39. The minimum atomic E-state index is -2.26. The first-order chi connectivity index (χ1) is 36.0. The van der Waals surface area contributed by atoms with Crippen molar-refractivity contribution in [1.29, 1.82) is 0 Å². The molecule has 75 heavy (non-hydrogen) atoms. The van der Waals surface area contributed by atoms with E-state index >= 15 is 0 Å². The Labute approximate surface area is 456 Å². The molecule has 2 saturated heterocycles. The molecule has 0 aromatic heterocycles. The normalized spacial score (nSPS) is 20.4. The van der Waals surface area contributed by atoms with E-state index in [-0.39, 0.29) is 24.2 Å². The molecular weight excluding hydrogens is 959 g/mol. The zero-order valence-electron chi connectivity index (χ0n) is 48.4. The van der Waals surface area contributed by atoms with Gasteiger partial charge in [0.1, 0.15) is 24.4 Å². The number of benzene rings is 2. The molecular formula is C63H103NO10Si. The van der Waals surface area contributed by atoms with Crippen LogP contribution in [0.15, 0.2) is 72.8 Å². The van der Waals surface area contributed by atoms with Crippen LogP contribution in [0.25, 0.3) is 0 Å². The second-order valence-corrected chi connectivity index (χ2v) is 28.2. The zero-order valence-corrected chi connectivity index (χ0v) is 49.4. The van der Waals surface area contributed by atoms with E-state index < -0.39 is 68.9 Å². The summed E-state index contributed by atoms with van der Waals surface area (Å²) in [6.07, 6.45) is 29.4. The zero-order chi connectivity index (χ0) is 54.4. The van der Waals surface area contributed by atoms with E-state index in [9.17, 15) is 14.4 Å². The van der Waals surface area contributed by atoms with Gasteiger partial charge in [-0.15, -0.1) is 0 Å². The fourth-order valence-electron chi connectivity index (χ4n) is 9.68. The molecule has 7 atom stereocenters. The number of ether oxygens (including phenoxy) is 6. The Bertz CT molecular complexity index is 1890. The molecule has 2 fully saturated rings. The summed E-state index contributed by atoms with van der Waals surface area (Å²) in [6.45, 7) is 19.2. The van der Waals surface area contributed by atoms with E-state index in [1.54, 1.807) is 48.5 Å². The van der Waals surface area contributed by atoms with Crippen molar-refractivity contribution in [1.82, 2.24) is 5.32 Å². The van der Waals surface area contributed by atoms with E-state index in [0.717, 1.165) is 38.5 Å². The van der Waals surface area contributed by atoms with E-state index in [0.29, 0.717) is 17.5 Å². The molecule has 0 unspecified atom stereocenters. The molecule has 0 bridgehead atoms. The predicted molar refractivity (Wildman–Crippen MR) is 305 cm³/mol. The van der Waals surface area contributed by atoms with Gasteiger partial charge in [-0.25, -0.2) is 9.59 Å². The van der Waals surface area contributed by atoms with Crippen LogP contribution in [0.3, 0.4) is 0 Å². The number of unbranched alkanes of at least 4 members (excludes halogenated alkanes) is 23. The van der Waals surface area contributed by atoms with Crippen molar-refractivity contribution in [3.05, 3.63) is 83.9 Å². The van der Waals surface area contributed by atoms with Crippen LogP contribution in [0.5, 0.6) is 0 Å². The molecule has 0 spiro atoms. The molecule has 424 valence electrons. The number of nitrogens with one attached hydrogen (secondary N) is 1. The van der Waals surface area contributed by atoms with Gasteiger partial charge in [0.15, 0.2) is 26.5 Å². The molecule has 0 radical (unpaired) electrons. The lowest BCUT2D eigenvalue weighted by Gasteiger charge is -2.43. The third kappa shape index (κ3) is 24.4. The topological polar surface area (TPSA) is 128 Å². The van der Waals surface area contributed by atoms with Crippen LogP contribution in [0, 0.1) is 0 Å². The van der Waals surface area contributed by atoms with Crippen LogP contribution < -0.4 is 5.32 Å². The monoisotopic (exact) mass is 1060 g/mol. The van der Waals surface area contributed by atoms with Crippen molar-refractivity contribution >= 4 is 26.2 Å². The summed E-state index contributed by atoms with van der Waals surface area (Å²) in [6, 6.07) is 16.9. The molecule has 2 aromatic carbocycles. The van der Waals surface area contributed by atoms with Gasteiger partial charge in [0.25, 0.3) is 0 Å². The van der Waals surface area contributed by atoms with E-state index in [4.69, 9.17) is 32.8 Å². The summed E-state index contributed by atoms with van der Waals surface area (Å²) in [7, 11) is -2.26. The first-order valence-corrected chi connectivity index (χ1v) is 32.7. The molecule has 0 saturated carbocycles. The Balaban J connectivity index is 1.55. The van der Waals surface area contributed by atoms with Gasteiger partial charge in [0.05, 0.1) is 30.4 Å². The van der Waals surface area contributed by atoms with E-state index in [1.807, 2.05) is 32.1 Å². The first kappa shape index (κ1) is 64.1. The highest BCUT2D eigenvalue weighted by Gasteiger charge is 2.58. The molecule has 4 rings (SSSR count). The Morgan fingerprint density at radius 3 is 1.63 bits per heavy atom. The summed E-state index contributed by atoms with van der Waals surface area (Å²) < 4.78 is 46.1. The smallest absolute Gasteiger partial charge is 0.338 e.